The standard InChI is InChI=1S/C24H31N9O2/c1-14-10-17(11-26-19-6-8-34-9-7-19)4-5-18(14)13-33-22-21(15(2)31-33)29-24(25)30-23(22)27-12-20-28-16(3)35-32-20/h4-5,10,19,26H,6-9,11-13H2,1-3H3,(H3,25,27,29,30). The minimum Gasteiger partial charge on any atom is -0.381 e. The van der Waals surface area contributed by atoms with Crippen molar-refractivity contribution in [2.24, 2.45) is 0 Å². The van der Waals surface area contributed by atoms with Crippen LogP contribution in [0.4, 0.5) is 11.8 Å². The third-order valence-electron chi connectivity index (χ3n) is 6.30. The number of aryl methyl sites for hydroxylation is 3. The van der Waals surface area contributed by atoms with Gasteiger partial charge >= 0.3 is 0 Å². The molecule has 5 rings (SSSR count). The van der Waals surface area contributed by atoms with Gasteiger partial charge in [-0.1, -0.05) is 23.4 Å². The second-order valence-corrected chi connectivity index (χ2v) is 8.98. The highest BCUT2D eigenvalue weighted by Crippen LogP contribution is 2.26. The molecule has 1 aromatic carbocycles. The van der Waals surface area contributed by atoms with Crippen LogP contribution in [0.2, 0.25) is 0 Å². The van der Waals surface area contributed by atoms with Gasteiger partial charge in [0.1, 0.15) is 11.0 Å². The van der Waals surface area contributed by atoms with E-state index in [0.717, 1.165) is 49.3 Å². The highest BCUT2D eigenvalue weighted by atomic mass is 16.5. The van der Waals surface area contributed by atoms with Gasteiger partial charge < -0.3 is 25.6 Å². The van der Waals surface area contributed by atoms with Gasteiger partial charge in [-0.15, -0.1) is 0 Å². The molecule has 1 aliphatic heterocycles. The molecule has 1 fully saturated rings. The first-order chi connectivity index (χ1) is 17.0. The summed E-state index contributed by atoms with van der Waals surface area (Å²) >= 11 is 0. The van der Waals surface area contributed by atoms with Crippen LogP contribution in [-0.4, -0.2) is 49.1 Å². The first-order valence-corrected chi connectivity index (χ1v) is 11.9. The summed E-state index contributed by atoms with van der Waals surface area (Å²) in [5.74, 6) is 1.82. The maximum Gasteiger partial charge on any atom is 0.223 e. The van der Waals surface area contributed by atoms with Gasteiger partial charge in [0.25, 0.3) is 0 Å². The van der Waals surface area contributed by atoms with Crippen molar-refractivity contribution in [1.82, 2.24) is 35.2 Å². The van der Waals surface area contributed by atoms with Crippen LogP contribution >= 0.6 is 0 Å². The number of hydrogen-bond donors (Lipinski definition) is 3. The molecular weight excluding hydrogens is 446 g/mol. The molecule has 184 valence electrons. The highest BCUT2D eigenvalue weighted by molar-refractivity contribution is 5.88. The maximum atomic E-state index is 5.99. The van der Waals surface area contributed by atoms with Gasteiger partial charge in [-0.2, -0.15) is 15.1 Å². The van der Waals surface area contributed by atoms with Crippen LogP contribution in [0.1, 0.15) is 46.9 Å². The molecule has 1 saturated heterocycles. The van der Waals surface area contributed by atoms with E-state index in [0.29, 0.717) is 36.7 Å². The minimum atomic E-state index is 0.185. The Labute approximate surface area is 203 Å². The predicted molar refractivity (Wildman–Crippen MR) is 132 cm³/mol. The van der Waals surface area contributed by atoms with Gasteiger partial charge in [0, 0.05) is 32.7 Å². The van der Waals surface area contributed by atoms with E-state index >= 15 is 0 Å². The van der Waals surface area contributed by atoms with Crippen LogP contribution in [-0.2, 0) is 24.4 Å². The summed E-state index contributed by atoms with van der Waals surface area (Å²) in [4.78, 5) is 13.1. The van der Waals surface area contributed by atoms with E-state index in [1.54, 1.807) is 6.92 Å². The molecule has 35 heavy (non-hydrogen) atoms. The van der Waals surface area contributed by atoms with Gasteiger partial charge in [0.15, 0.2) is 11.6 Å². The Morgan fingerprint density at radius 3 is 2.66 bits per heavy atom. The third kappa shape index (κ3) is 5.25. The smallest absolute Gasteiger partial charge is 0.223 e. The lowest BCUT2D eigenvalue weighted by Gasteiger charge is -2.23. The van der Waals surface area contributed by atoms with Crippen molar-refractivity contribution in [3.8, 4) is 0 Å². The van der Waals surface area contributed by atoms with Gasteiger partial charge in [0.05, 0.1) is 18.8 Å². The lowest BCUT2D eigenvalue weighted by molar-refractivity contribution is 0.0776. The number of anilines is 2. The Balaban J connectivity index is 1.36. The first kappa shape index (κ1) is 23.2. The minimum absolute atomic E-state index is 0.185. The number of nitrogens with zero attached hydrogens (tertiary/aromatic N) is 6. The van der Waals surface area contributed by atoms with Crippen LogP contribution in [0.3, 0.4) is 0 Å². The van der Waals surface area contributed by atoms with Crippen LogP contribution in [0.25, 0.3) is 11.0 Å². The second-order valence-electron chi connectivity index (χ2n) is 8.98. The van der Waals surface area contributed by atoms with Crippen LogP contribution in [0, 0.1) is 20.8 Å². The molecule has 11 nitrogen and oxygen atoms in total. The third-order valence-corrected chi connectivity index (χ3v) is 6.30. The van der Waals surface area contributed by atoms with Crippen LogP contribution < -0.4 is 16.4 Å². The number of benzene rings is 1. The largest absolute Gasteiger partial charge is 0.381 e. The van der Waals surface area contributed by atoms with Crippen molar-refractivity contribution < 1.29 is 9.26 Å². The van der Waals surface area contributed by atoms with Crippen LogP contribution in [0.15, 0.2) is 22.7 Å². The van der Waals surface area contributed by atoms with E-state index in [-0.39, 0.29) is 5.95 Å². The normalized spacial score (nSPS) is 14.6. The molecule has 0 radical (unpaired) electrons. The predicted octanol–water partition coefficient (Wildman–Crippen LogP) is 2.65. The van der Waals surface area contributed by atoms with E-state index < -0.39 is 0 Å². The molecule has 0 atom stereocenters. The fourth-order valence-corrected chi connectivity index (χ4v) is 4.43. The Morgan fingerprint density at radius 2 is 1.91 bits per heavy atom. The average Bonchev–Trinajstić information content (AvgIpc) is 3.40. The molecule has 3 aromatic heterocycles. The molecule has 1 aliphatic rings. The number of rotatable bonds is 8. The fourth-order valence-electron chi connectivity index (χ4n) is 4.43. The summed E-state index contributed by atoms with van der Waals surface area (Å²) in [5.41, 5.74) is 12.0. The molecule has 0 unspecified atom stereocenters. The fraction of sp³-hybridized carbons (Fsp3) is 0.458. The number of fused-ring (bicyclic) bond motifs is 1. The Hall–Kier alpha value is -3.57. The summed E-state index contributed by atoms with van der Waals surface area (Å²) in [6, 6.07) is 7.12. The topological polar surface area (TPSA) is 142 Å². The molecule has 0 amide bonds. The molecule has 4 N–H and O–H groups in total. The summed E-state index contributed by atoms with van der Waals surface area (Å²) in [5, 5.41) is 15.6. The number of nitrogens with one attached hydrogen (secondary N) is 2. The summed E-state index contributed by atoms with van der Waals surface area (Å²) in [6.45, 7) is 9.29. The van der Waals surface area contributed by atoms with E-state index in [4.69, 9.17) is 20.1 Å². The molecule has 0 spiro atoms. The summed E-state index contributed by atoms with van der Waals surface area (Å²) < 4.78 is 12.4. The molecule has 0 saturated carbocycles. The van der Waals surface area contributed by atoms with Crippen molar-refractivity contribution in [2.45, 2.75) is 59.3 Å². The zero-order valence-electron chi connectivity index (χ0n) is 20.3. The summed E-state index contributed by atoms with van der Waals surface area (Å²) in [6.07, 6.45) is 2.14. The monoisotopic (exact) mass is 477 g/mol. The molecule has 11 heteroatoms. The van der Waals surface area contributed by atoms with Crippen molar-refractivity contribution in [2.75, 3.05) is 24.3 Å². The molecular formula is C24H31N9O2. The average molecular weight is 478 g/mol. The molecule has 4 heterocycles. The molecule has 0 bridgehead atoms. The van der Waals surface area contributed by atoms with Crippen LogP contribution in [0.5, 0.6) is 0 Å². The quantitative estimate of drug-likeness (QED) is 0.347. The first-order valence-electron chi connectivity index (χ1n) is 11.9. The highest BCUT2D eigenvalue weighted by Gasteiger charge is 2.18. The number of hydrogen-bond acceptors (Lipinski definition) is 10. The molecule has 0 aliphatic carbocycles. The number of ether oxygens (including phenoxy) is 1. The van der Waals surface area contributed by atoms with Gasteiger partial charge in [-0.25, -0.2) is 4.98 Å². The van der Waals surface area contributed by atoms with Gasteiger partial charge in [-0.3, -0.25) is 4.68 Å². The van der Waals surface area contributed by atoms with Gasteiger partial charge in [-0.05, 0) is 43.4 Å². The molecule has 4 aromatic rings. The number of aromatic nitrogens is 6. The second kappa shape index (κ2) is 9.96. The zero-order chi connectivity index (χ0) is 24.4. The zero-order valence-corrected chi connectivity index (χ0v) is 20.3. The van der Waals surface area contributed by atoms with E-state index in [1.807, 2.05) is 11.6 Å². The Morgan fingerprint density at radius 1 is 1.09 bits per heavy atom. The lowest BCUT2D eigenvalue weighted by atomic mass is 10.0. The van der Waals surface area contributed by atoms with Crippen molar-refractivity contribution >= 4 is 22.8 Å². The Kier molecular flexibility index (Phi) is 6.60. The van der Waals surface area contributed by atoms with Crippen molar-refractivity contribution in [3.63, 3.8) is 0 Å². The maximum absolute atomic E-state index is 5.99. The Bertz CT molecular complexity index is 1320. The lowest BCUT2D eigenvalue weighted by Crippen LogP contribution is -2.34. The number of nitrogens with two attached hydrogens (primary N) is 1. The van der Waals surface area contributed by atoms with Gasteiger partial charge in [0.2, 0.25) is 11.8 Å². The SMILES string of the molecule is Cc1nc(CNc2nc(N)nc3c(C)nn(Cc4ccc(CNC5CCOCC5)cc4C)c23)no1. The van der Waals surface area contributed by atoms with E-state index in [1.165, 1.54) is 16.7 Å². The number of nitrogen functional groups attached to an aromatic ring is 1. The summed E-state index contributed by atoms with van der Waals surface area (Å²) in [7, 11) is 0. The van der Waals surface area contributed by atoms with E-state index in [9.17, 15) is 0 Å². The van der Waals surface area contributed by atoms with E-state index in [2.05, 4.69) is 55.9 Å². The van der Waals surface area contributed by atoms with Crippen molar-refractivity contribution in [3.05, 3.63) is 52.3 Å². The van der Waals surface area contributed by atoms with Crippen molar-refractivity contribution in [1.29, 1.82) is 0 Å².